The molecule has 1 N–H and O–H groups in total. The quantitative estimate of drug-likeness (QED) is 0.408. The molecule has 2 aromatic rings. The van der Waals surface area contributed by atoms with Crippen molar-refractivity contribution >= 4 is 17.5 Å². The minimum atomic E-state index is -0.670. The van der Waals surface area contributed by atoms with Crippen molar-refractivity contribution < 1.29 is 24.0 Å². The number of carbonyl (C=O) groups excluding carboxylic acids is 2. The number of nitrogens with one attached hydrogen (secondary N) is 1. The van der Waals surface area contributed by atoms with E-state index < -0.39 is 11.0 Å². The first-order valence-corrected chi connectivity index (χ1v) is 10.8. The molecule has 9 heteroatoms. The van der Waals surface area contributed by atoms with Gasteiger partial charge in [-0.1, -0.05) is 36.8 Å². The Morgan fingerprint density at radius 1 is 1.15 bits per heavy atom. The highest BCUT2D eigenvalue weighted by Gasteiger charge is 2.29. The van der Waals surface area contributed by atoms with Crippen molar-refractivity contribution in [2.75, 3.05) is 13.7 Å². The van der Waals surface area contributed by atoms with Crippen LogP contribution in [0.15, 0.2) is 42.5 Å². The zero-order chi connectivity index (χ0) is 24.5. The molecule has 9 nitrogen and oxygen atoms in total. The third-order valence-electron chi connectivity index (χ3n) is 5.00. The lowest BCUT2D eigenvalue weighted by Crippen LogP contribution is -2.51. The highest BCUT2D eigenvalue weighted by atomic mass is 16.6. The Hall–Kier alpha value is -3.62. The molecule has 2 rings (SSSR count). The minimum Gasteiger partial charge on any atom is -0.490 e. The molecule has 0 aliphatic carbocycles. The van der Waals surface area contributed by atoms with E-state index >= 15 is 0 Å². The normalized spacial score (nSPS) is 11.6. The lowest BCUT2D eigenvalue weighted by atomic mass is 10.1. The number of rotatable bonds is 11. The molecule has 2 aromatic carbocycles. The van der Waals surface area contributed by atoms with Crippen LogP contribution >= 0.6 is 0 Å². The summed E-state index contributed by atoms with van der Waals surface area (Å²) in [6.45, 7) is 7.46. The van der Waals surface area contributed by atoms with Crippen LogP contribution in [0.1, 0.15) is 38.3 Å². The summed E-state index contributed by atoms with van der Waals surface area (Å²) in [5.74, 6) is -0.325. The van der Waals surface area contributed by atoms with Crippen molar-refractivity contribution in [1.82, 2.24) is 10.2 Å². The standard InChI is InChI=1S/C24H31N3O6/c1-6-20(24(29)25-16(2)3)26(14-18-9-7-17(4)8-10-18)23(28)15-33-19-11-12-21(27(30)31)22(13-19)32-5/h7-13,16,20H,6,14-15H2,1-5H3,(H,25,29)/t20-/m1/s1. The summed E-state index contributed by atoms with van der Waals surface area (Å²) >= 11 is 0. The zero-order valence-corrected chi connectivity index (χ0v) is 19.7. The van der Waals surface area contributed by atoms with E-state index in [4.69, 9.17) is 9.47 Å². The topological polar surface area (TPSA) is 111 Å². The van der Waals surface area contributed by atoms with Crippen molar-refractivity contribution in [3.05, 3.63) is 63.7 Å². The van der Waals surface area contributed by atoms with Gasteiger partial charge in [-0.2, -0.15) is 0 Å². The van der Waals surface area contributed by atoms with Crippen molar-refractivity contribution in [3.8, 4) is 11.5 Å². The van der Waals surface area contributed by atoms with Gasteiger partial charge in [0.2, 0.25) is 11.7 Å². The van der Waals surface area contributed by atoms with Crippen LogP contribution in [0, 0.1) is 17.0 Å². The van der Waals surface area contributed by atoms with Crippen LogP contribution in [0.25, 0.3) is 0 Å². The molecule has 0 saturated heterocycles. The van der Waals surface area contributed by atoms with Crippen molar-refractivity contribution in [1.29, 1.82) is 0 Å². The maximum atomic E-state index is 13.2. The maximum absolute atomic E-state index is 13.2. The van der Waals surface area contributed by atoms with Gasteiger partial charge in [0.05, 0.1) is 12.0 Å². The first kappa shape index (κ1) is 25.6. The first-order chi connectivity index (χ1) is 15.7. The van der Waals surface area contributed by atoms with E-state index in [0.29, 0.717) is 6.42 Å². The van der Waals surface area contributed by atoms with Gasteiger partial charge in [0.15, 0.2) is 6.61 Å². The van der Waals surface area contributed by atoms with Crippen LogP contribution in [0.2, 0.25) is 0 Å². The average molecular weight is 458 g/mol. The highest BCUT2D eigenvalue weighted by molar-refractivity contribution is 5.88. The summed E-state index contributed by atoms with van der Waals surface area (Å²) in [6.07, 6.45) is 0.432. The third kappa shape index (κ3) is 7.20. The van der Waals surface area contributed by atoms with Crippen molar-refractivity contribution in [3.63, 3.8) is 0 Å². The van der Waals surface area contributed by atoms with Gasteiger partial charge in [-0.25, -0.2) is 0 Å². The second kappa shape index (κ2) is 11.8. The number of methoxy groups -OCH3 is 1. The minimum absolute atomic E-state index is 0.0317. The molecule has 0 radical (unpaired) electrons. The largest absolute Gasteiger partial charge is 0.490 e. The number of carbonyl (C=O) groups is 2. The number of nitro groups is 1. The number of hydrogen-bond acceptors (Lipinski definition) is 6. The summed E-state index contributed by atoms with van der Waals surface area (Å²) in [4.78, 5) is 38.0. The van der Waals surface area contributed by atoms with Gasteiger partial charge in [0.1, 0.15) is 11.8 Å². The predicted molar refractivity (Wildman–Crippen MR) is 124 cm³/mol. The molecular formula is C24H31N3O6. The molecule has 0 aliphatic rings. The van der Waals surface area contributed by atoms with E-state index in [-0.39, 0.29) is 48.2 Å². The SMILES string of the molecule is CC[C@H](C(=O)NC(C)C)N(Cc1ccc(C)cc1)C(=O)COc1ccc([N+](=O)[O-])c(OC)c1. The molecule has 0 saturated carbocycles. The fourth-order valence-corrected chi connectivity index (χ4v) is 3.32. The average Bonchev–Trinajstić information content (AvgIpc) is 2.77. The van der Waals surface area contributed by atoms with Crippen molar-refractivity contribution in [2.24, 2.45) is 0 Å². The predicted octanol–water partition coefficient (Wildman–Crippen LogP) is 3.62. The Bertz CT molecular complexity index is 975. The fraction of sp³-hybridized carbons (Fsp3) is 0.417. The Morgan fingerprint density at radius 3 is 2.36 bits per heavy atom. The molecule has 0 aromatic heterocycles. The van der Waals surface area contributed by atoms with E-state index in [9.17, 15) is 19.7 Å². The van der Waals surface area contributed by atoms with E-state index in [1.54, 1.807) is 0 Å². The summed E-state index contributed by atoms with van der Waals surface area (Å²) in [5, 5.41) is 14.0. The van der Waals surface area contributed by atoms with Gasteiger partial charge >= 0.3 is 5.69 Å². The second-order valence-electron chi connectivity index (χ2n) is 7.97. The van der Waals surface area contributed by atoms with Gasteiger partial charge in [-0.15, -0.1) is 0 Å². The smallest absolute Gasteiger partial charge is 0.311 e. The number of benzene rings is 2. The molecular weight excluding hydrogens is 426 g/mol. The zero-order valence-electron chi connectivity index (χ0n) is 19.7. The van der Waals surface area contributed by atoms with Crippen molar-refractivity contribution in [2.45, 2.75) is 52.7 Å². The number of ether oxygens (including phenoxy) is 2. The summed E-state index contributed by atoms with van der Waals surface area (Å²) < 4.78 is 10.7. The molecule has 2 amide bonds. The second-order valence-corrected chi connectivity index (χ2v) is 7.97. The summed E-state index contributed by atoms with van der Waals surface area (Å²) in [6, 6.07) is 11.0. The molecule has 178 valence electrons. The lowest BCUT2D eigenvalue weighted by Gasteiger charge is -2.31. The number of amides is 2. The van der Waals surface area contributed by atoms with E-state index in [1.807, 2.05) is 52.0 Å². The van der Waals surface area contributed by atoms with Gasteiger partial charge < -0.3 is 19.7 Å². The van der Waals surface area contributed by atoms with Gasteiger partial charge in [0.25, 0.3) is 5.91 Å². The van der Waals surface area contributed by atoms with E-state index in [2.05, 4.69) is 5.32 Å². The molecule has 0 spiro atoms. The Labute approximate surface area is 193 Å². The van der Waals surface area contributed by atoms with Crippen LogP contribution < -0.4 is 14.8 Å². The molecule has 0 unspecified atom stereocenters. The maximum Gasteiger partial charge on any atom is 0.311 e. The van der Waals surface area contributed by atoms with Crippen LogP contribution in [0.3, 0.4) is 0 Å². The van der Waals surface area contributed by atoms with Gasteiger partial charge in [-0.3, -0.25) is 19.7 Å². The number of aryl methyl sites for hydroxylation is 1. The Morgan fingerprint density at radius 2 is 1.82 bits per heavy atom. The third-order valence-corrected chi connectivity index (χ3v) is 5.00. The summed E-state index contributed by atoms with van der Waals surface area (Å²) in [5.41, 5.74) is 1.78. The molecule has 0 aliphatic heterocycles. The Kier molecular flexibility index (Phi) is 9.20. The van der Waals surface area contributed by atoms with Crippen LogP contribution in [0.4, 0.5) is 5.69 Å². The van der Waals surface area contributed by atoms with E-state index in [1.165, 1.54) is 30.2 Å². The Balaban J connectivity index is 2.24. The highest BCUT2D eigenvalue weighted by Crippen LogP contribution is 2.30. The molecule has 0 bridgehead atoms. The van der Waals surface area contributed by atoms with Crippen LogP contribution in [-0.2, 0) is 16.1 Å². The molecule has 0 heterocycles. The molecule has 1 atom stereocenters. The molecule has 33 heavy (non-hydrogen) atoms. The number of nitrogens with zero attached hydrogens (tertiary/aromatic N) is 2. The number of hydrogen-bond donors (Lipinski definition) is 1. The fourth-order valence-electron chi connectivity index (χ4n) is 3.32. The van der Waals surface area contributed by atoms with Crippen LogP contribution in [0.5, 0.6) is 11.5 Å². The van der Waals surface area contributed by atoms with E-state index in [0.717, 1.165) is 11.1 Å². The first-order valence-electron chi connectivity index (χ1n) is 10.8. The van der Waals surface area contributed by atoms with Crippen LogP contribution in [-0.4, -0.2) is 47.4 Å². The van der Waals surface area contributed by atoms with Gasteiger partial charge in [-0.05, 0) is 38.8 Å². The summed E-state index contributed by atoms with van der Waals surface area (Å²) in [7, 11) is 1.32. The molecule has 0 fully saturated rings. The monoisotopic (exact) mass is 457 g/mol. The number of nitro benzene ring substituents is 1. The van der Waals surface area contributed by atoms with Gasteiger partial charge in [0, 0.05) is 24.7 Å². The lowest BCUT2D eigenvalue weighted by molar-refractivity contribution is -0.385.